The summed E-state index contributed by atoms with van der Waals surface area (Å²) >= 11 is 0. The maximum atomic E-state index is 13.4. The van der Waals surface area contributed by atoms with Gasteiger partial charge in [-0.15, -0.1) is 0 Å². The molecule has 3 heterocycles. The van der Waals surface area contributed by atoms with E-state index in [2.05, 4.69) is 9.97 Å². The molecule has 2 fully saturated rings. The van der Waals surface area contributed by atoms with Crippen LogP contribution in [0.3, 0.4) is 0 Å². The Hall–Kier alpha value is -2.54. The Bertz CT molecular complexity index is 1150. The zero-order valence-corrected chi connectivity index (χ0v) is 20.7. The summed E-state index contributed by atoms with van der Waals surface area (Å²) in [6.45, 7) is 3.94. The monoisotopic (exact) mass is 507 g/mol. The molecule has 4 rings (SSSR count). The largest absolute Gasteiger partial charge is 0.379 e. The summed E-state index contributed by atoms with van der Waals surface area (Å²) in [4.78, 5) is 34.2. The average Bonchev–Trinajstić information content (AvgIpc) is 3.53. The molecular weight excluding hydrogens is 474 g/mol. The number of amides is 2. The van der Waals surface area contributed by atoms with E-state index in [-0.39, 0.29) is 23.4 Å². The molecule has 0 saturated carbocycles. The first-order valence-electron chi connectivity index (χ1n) is 12.1. The number of benzene rings is 1. The molecule has 0 spiro atoms. The number of carbonyl (C=O) groups excluding carboxylic acids is 2. The van der Waals surface area contributed by atoms with Crippen molar-refractivity contribution in [1.82, 2.24) is 24.2 Å². The summed E-state index contributed by atoms with van der Waals surface area (Å²) in [5.41, 5.74) is 1.23. The van der Waals surface area contributed by atoms with Gasteiger partial charge in [0.1, 0.15) is 5.82 Å². The maximum absolute atomic E-state index is 13.4. The van der Waals surface area contributed by atoms with E-state index < -0.39 is 15.9 Å². The number of hydrogen-bond donors (Lipinski definition) is 2. The van der Waals surface area contributed by atoms with Gasteiger partial charge < -0.3 is 14.6 Å². The number of aromatic nitrogens is 2. The Kier molecular flexibility index (Phi) is 8.05. The van der Waals surface area contributed by atoms with Crippen LogP contribution >= 0.6 is 0 Å². The third-order valence-corrected chi connectivity index (χ3v) is 8.61. The maximum Gasteiger partial charge on any atom is 0.243 e. The molecule has 2 atom stereocenters. The van der Waals surface area contributed by atoms with Gasteiger partial charge in [-0.2, -0.15) is 4.31 Å². The Balaban J connectivity index is 1.57. The number of H-pyrrole nitrogens is 1. The zero-order valence-electron chi connectivity index (χ0n) is 19.9. The number of morpholine rings is 1. The van der Waals surface area contributed by atoms with Crippen molar-refractivity contribution in [1.29, 1.82) is 0 Å². The highest BCUT2D eigenvalue weighted by atomic mass is 32.2. The number of rotatable bonds is 10. The second-order valence-electron chi connectivity index (χ2n) is 9.07. The second kappa shape index (κ2) is 11.0. The highest BCUT2D eigenvalue weighted by Gasteiger charge is 2.36. The van der Waals surface area contributed by atoms with Crippen LogP contribution in [0.4, 0.5) is 0 Å². The van der Waals surface area contributed by atoms with Crippen molar-refractivity contribution in [3.63, 3.8) is 0 Å². The summed E-state index contributed by atoms with van der Waals surface area (Å²) in [6, 6.07) is 4.56. The fraction of sp³-hybridized carbons (Fsp3) is 0.609. The van der Waals surface area contributed by atoms with Gasteiger partial charge in [-0.25, -0.2) is 18.5 Å². The van der Waals surface area contributed by atoms with Gasteiger partial charge >= 0.3 is 0 Å². The predicted molar refractivity (Wildman–Crippen MR) is 127 cm³/mol. The van der Waals surface area contributed by atoms with Gasteiger partial charge in [0.2, 0.25) is 22.3 Å². The molecule has 192 valence electrons. The van der Waals surface area contributed by atoms with Crippen LogP contribution in [0.2, 0.25) is 0 Å². The molecule has 35 heavy (non-hydrogen) atoms. The number of hydroxylamine groups is 2. The molecule has 2 aliphatic rings. The van der Waals surface area contributed by atoms with Gasteiger partial charge in [-0.05, 0) is 37.5 Å². The lowest BCUT2D eigenvalue weighted by molar-refractivity contribution is -0.157. The highest BCUT2D eigenvalue weighted by molar-refractivity contribution is 7.89. The summed E-state index contributed by atoms with van der Waals surface area (Å²) in [5, 5.41) is 10.2. The van der Waals surface area contributed by atoms with Gasteiger partial charge in [0.05, 0.1) is 47.6 Å². The summed E-state index contributed by atoms with van der Waals surface area (Å²) < 4.78 is 32.8. The molecule has 0 unspecified atom stereocenters. The average molecular weight is 508 g/mol. The van der Waals surface area contributed by atoms with E-state index in [9.17, 15) is 23.2 Å². The lowest BCUT2D eigenvalue weighted by atomic mass is 9.99. The molecular formula is C23H33N5O6S. The minimum atomic E-state index is -3.64. The van der Waals surface area contributed by atoms with Crippen molar-refractivity contribution in [2.75, 3.05) is 39.4 Å². The smallest absolute Gasteiger partial charge is 0.243 e. The van der Waals surface area contributed by atoms with E-state index in [1.807, 2.05) is 6.92 Å². The molecule has 1 aromatic heterocycles. The van der Waals surface area contributed by atoms with Crippen molar-refractivity contribution in [3.05, 3.63) is 24.0 Å². The molecule has 2 N–H and O–H groups in total. The Morgan fingerprint density at radius 1 is 1.34 bits per heavy atom. The fourth-order valence-electron chi connectivity index (χ4n) is 4.82. The van der Waals surface area contributed by atoms with E-state index in [0.29, 0.717) is 67.6 Å². The van der Waals surface area contributed by atoms with E-state index in [4.69, 9.17) is 4.74 Å². The van der Waals surface area contributed by atoms with Crippen LogP contribution in [0.1, 0.15) is 50.9 Å². The Labute approximate surface area is 205 Å². The van der Waals surface area contributed by atoms with Gasteiger partial charge in [-0.3, -0.25) is 14.8 Å². The quantitative estimate of drug-likeness (QED) is 0.285. The van der Waals surface area contributed by atoms with E-state index in [1.165, 1.54) is 4.31 Å². The zero-order chi connectivity index (χ0) is 25.0. The van der Waals surface area contributed by atoms with Crippen LogP contribution in [0.5, 0.6) is 0 Å². The van der Waals surface area contributed by atoms with Crippen LogP contribution in [0.25, 0.3) is 11.0 Å². The molecule has 2 aromatic rings. The van der Waals surface area contributed by atoms with Crippen LogP contribution in [0.15, 0.2) is 23.1 Å². The van der Waals surface area contributed by atoms with Crippen molar-refractivity contribution < 1.29 is 28.0 Å². The van der Waals surface area contributed by atoms with E-state index in [1.54, 1.807) is 23.1 Å². The lowest BCUT2D eigenvalue weighted by Gasteiger charge is -2.29. The SMILES string of the molecule is CCCC[C@H](CN(O)C=O)C(=O)N1CCC[C@H]1c1nc2ccc(S(=O)(=O)N3CCOCC3)cc2[nH]1. The third-order valence-electron chi connectivity index (χ3n) is 6.72. The molecule has 2 aliphatic heterocycles. The van der Waals surface area contributed by atoms with E-state index in [0.717, 1.165) is 25.7 Å². The number of likely N-dealkylation sites (tertiary alicyclic amines) is 1. The van der Waals surface area contributed by atoms with E-state index >= 15 is 0 Å². The minimum absolute atomic E-state index is 0.0472. The summed E-state index contributed by atoms with van der Waals surface area (Å²) in [5.74, 6) is -0.00413. The molecule has 12 heteroatoms. The lowest BCUT2D eigenvalue weighted by Crippen LogP contribution is -2.40. The van der Waals surface area contributed by atoms with Crippen molar-refractivity contribution in [2.24, 2.45) is 5.92 Å². The summed E-state index contributed by atoms with van der Waals surface area (Å²) in [7, 11) is -3.64. The van der Waals surface area contributed by atoms with Crippen LogP contribution in [-0.4, -0.2) is 89.6 Å². The number of fused-ring (bicyclic) bond motifs is 1. The van der Waals surface area contributed by atoms with Gasteiger partial charge in [0.25, 0.3) is 0 Å². The molecule has 11 nitrogen and oxygen atoms in total. The minimum Gasteiger partial charge on any atom is -0.379 e. The number of nitrogens with zero attached hydrogens (tertiary/aromatic N) is 4. The Morgan fingerprint density at radius 3 is 2.83 bits per heavy atom. The van der Waals surface area contributed by atoms with Crippen LogP contribution < -0.4 is 0 Å². The van der Waals surface area contributed by atoms with Crippen LogP contribution in [-0.2, 0) is 24.3 Å². The fourth-order valence-corrected chi connectivity index (χ4v) is 6.26. The first kappa shape index (κ1) is 25.5. The number of hydrogen-bond acceptors (Lipinski definition) is 7. The number of aromatic amines is 1. The molecule has 0 aliphatic carbocycles. The third kappa shape index (κ3) is 5.50. The van der Waals surface area contributed by atoms with Gasteiger partial charge in [-0.1, -0.05) is 19.8 Å². The number of sulfonamides is 1. The standard InChI is InChI=1S/C23H33N5O6S/c1-2-3-5-17(15-26(31)16-29)23(30)28-9-4-6-21(28)22-24-19-8-7-18(14-20(19)25-22)35(32,33)27-10-12-34-13-11-27/h7-8,14,16-17,21,31H,2-6,9-13,15H2,1H3,(H,24,25)/t17-,21+/m1/s1. The van der Waals surface area contributed by atoms with Gasteiger partial charge in [0.15, 0.2) is 0 Å². The topological polar surface area (TPSA) is 136 Å². The Morgan fingerprint density at radius 2 is 2.11 bits per heavy atom. The first-order chi connectivity index (χ1) is 16.8. The molecule has 2 amide bonds. The molecule has 1 aromatic carbocycles. The van der Waals surface area contributed by atoms with Crippen molar-refractivity contribution >= 4 is 33.4 Å². The number of imidazole rings is 1. The number of unbranched alkanes of at least 4 members (excludes halogenated alkanes) is 1. The van der Waals surface area contributed by atoms with Gasteiger partial charge in [0, 0.05) is 19.6 Å². The predicted octanol–water partition coefficient (Wildman–Crippen LogP) is 1.90. The normalized spacial score (nSPS) is 20.3. The second-order valence-corrected chi connectivity index (χ2v) is 11.0. The molecule has 0 bridgehead atoms. The van der Waals surface area contributed by atoms with Crippen LogP contribution in [0, 0.1) is 5.92 Å². The molecule has 2 saturated heterocycles. The number of ether oxygens (including phenoxy) is 1. The summed E-state index contributed by atoms with van der Waals surface area (Å²) in [6.07, 6.45) is 4.14. The first-order valence-corrected chi connectivity index (χ1v) is 13.6. The number of carbonyl (C=O) groups is 2. The number of nitrogens with one attached hydrogen (secondary N) is 1. The highest BCUT2D eigenvalue weighted by Crippen LogP contribution is 2.34. The van der Waals surface area contributed by atoms with Crippen molar-refractivity contribution in [3.8, 4) is 0 Å². The molecule has 0 radical (unpaired) electrons. The van der Waals surface area contributed by atoms with Crippen molar-refractivity contribution in [2.45, 2.75) is 50.0 Å².